The third kappa shape index (κ3) is 19.4. The van der Waals surface area contributed by atoms with E-state index >= 15 is 0 Å². The van der Waals surface area contributed by atoms with Crippen LogP contribution < -0.4 is 38.5 Å². The van der Waals surface area contributed by atoms with E-state index in [0.717, 1.165) is 80.5 Å². The van der Waals surface area contributed by atoms with E-state index in [2.05, 4.69) is 70.1 Å². The fraction of sp³-hybridized carbons (Fsp3) is 0.289. The maximum absolute atomic E-state index is 14.6. The van der Waals surface area contributed by atoms with Crippen molar-refractivity contribution in [1.29, 1.82) is 0 Å². The fourth-order valence-corrected chi connectivity index (χ4v) is 18.5. The highest BCUT2D eigenvalue weighted by Crippen LogP contribution is 2.39. The van der Waals surface area contributed by atoms with Crippen LogP contribution in [0.4, 0.5) is 31.5 Å². The zero-order valence-corrected chi connectivity index (χ0v) is 76.8. The molecule has 0 radical (unpaired) electrons. The van der Waals surface area contributed by atoms with Gasteiger partial charge < -0.3 is 67.0 Å². The number of methoxy groups -OCH3 is 4. The number of nitrogens with zero attached hydrogens (tertiary/aromatic N) is 24. The summed E-state index contributed by atoms with van der Waals surface area (Å²) in [6.45, 7) is 12.4. The minimum absolute atomic E-state index is 0.00709. The summed E-state index contributed by atoms with van der Waals surface area (Å²) in [6, 6.07) is 31.9. The molecule has 12 aromatic heterocycles. The number of anilines is 4. The number of aromatic nitrogens is 16. The van der Waals surface area contributed by atoms with Crippen LogP contribution in [-0.4, -0.2) is 254 Å². The monoisotopic (exact) mass is 1900 g/mol. The number of halogens is 6. The molecule has 0 saturated carbocycles. The number of hydrogen-bond donors (Lipinski definition) is 0. The number of fused-ring (bicyclic) bond motifs is 4. The van der Waals surface area contributed by atoms with Crippen LogP contribution in [0.15, 0.2) is 191 Å². The van der Waals surface area contributed by atoms with E-state index in [-0.39, 0.29) is 71.9 Å². The summed E-state index contributed by atoms with van der Waals surface area (Å²) in [6.07, 6.45) is 16.3. The van der Waals surface area contributed by atoms with Crippen LogP contribution in [0.2, 0.25) is 20.1 Å². The Morgan fingerprint density at radius 3 is 1.04 bits per heavy atom. The van der Waals surface area contributed by atoms with E-state index in [0.29, 0.717) is 156 Å². The predicted octanol–water partition coefficient (Wildman–Crippen LogP) is 14.4. The molecule has 0 N–H and O–H groups in total. The van der Waals surface area contributed by atoms with E-state index in [9.17, 15) is 28.0 Å². The van der Waals surface area contributed by atoms with E-state index in [1.165, 1.54) is 61.6 Å². The molecule has 42 heteroatoms. The molecule has 0 aliphatic carbocycles. The van der Waals surface area contributed by atoms with Gasteiger partial charge in [-0.25, -0.2) is 67.4 Å². The van der Waals surface area contributed by atoms with Crippen LogP contribution in [0.3, 0.4) is 0 Å². The molecule has 0 spiro atoms. The van der Waals surface area contributed by atoms with Crippen molar-refractivity contribution in [2.24, 2.45) is 0 Å². The lowest BCUT2D eigenvalue weighted by Crippen LogP contribution is -2.55. The van der Waals surface area contributed by atoms with Gasteiger partial charge in [0.15, 0.2) is 34.0 Å². The molecule has 4 aromatic carbocycles. The average molecular weight is 1910 g/mol. The molecule has 4 amide bonds. The quantitative estimate of drug-likeness (QED) is 0.0684. The summed E-state index contributed by atoms with van der Waals surface area (Å²) in [5.74, 6) is 1.89. The maximum atomic E-state index is 14.6. The summed E-state index contributed by atoms with van der Waals surface area (Å²) in [5.41, 5.74) is 8.00. The molecule has 0 unspecified atom stereocenters. The standard InChI is InChI=1S/C23H22ClFN6O3.C23H22ClFN6O2S.C22H21ClN6O3.C22H21ClN6O2S/c2*1-14-12-29(18-11-19(33-2)16(24)10-17(18)25)7-8-30(14)20(32)13-31-22-15(4-3-5-26-22)21(28-31)23-27-6-9-34-23;2*1-31-18-13-15(4-5-17(18)23)27-8-10-28(11-9-27)19(30)14-29-21-16(3-2-6-24-21)20(26-29)22-25-7-12-32-22/h2*3-6,9-11,14H,7-8,12-13H2,1-2H3;2*2-7,12-13H,8-11,14H2,1H3/t2*14-;;/m00../s1. The first-order valence-corrected chi connectivity index (χ1v) is 45.2. The molecule has 680 valence electrons. The second kappa shape index (κ2) is 40.4. The molecule has 16 heterocycles. The first-order chi connectivity index (χ1) is 64.2. The number of ether oxygens (including phenoxy) is 4. The summed E-state index contributed by atoms with van der Waals surface area (Å²) in [5, 5.41) is 28.8. The van der Waals surface area contributed by atoms with Crippen molar-refractivity contribution in [3.8, 4) is 67.6 Å². The van der Waals surface area contributed by atoms with Crippen molar-refractivity contribution in [3.63, 3.8) is 0 Å². The first-order valence-electron chi connectivity index (χ1n) is 41.9. The number of hydrogen-bond acceptors (Lipinski definition) is 28. The summed E-state index contributed by atoms with van der Waals surface area (Å²) < 4.78 is 67.6. The Hall–Kier alpha value is -13.7. The van der Waals surface area contributed by atoms with Crippen LogP contribution in [0.1, 0.15) is 13.8 Å². The summed E-state index contributed by atoms with van der Waals surface area (Å²) >= 11 is 27.3. The maximum Gasteiger partial charge on any atom is 0.247 e. The van der Waals surface area contributed by atoms with Crippen molar-refractivity contribution in [3.05, 3.63) is 214 Å². The lowest BCUT2D eigenvalue weighted by atomic mass is 10.1. The van der Waals surface area contributed by atoms with Crippen molar-refractivity contribution in [2.75, 3.05) is 140 Å². The van der Waals surface area contributed by atoms with Crippen molar-refractivity contribution in [1.82, 2.24) is 98.6 Å². The highest BCUT2D eigenvalue weighted by Gasteiger charge is 2.35. The van der Waals surface area contributed by atoms with Crippen LogP contribution in [0.5, 0.6) is 23.0 Å². The Kier molecular flexibility index (Phi) is 27.6. The molecule has 132 heavy (non-hydrogen) atoms. The smallest absolute Gasteiger partial charge is 0.247 e. The molecule has 16 aromatic rings. The number of pyridine rings is 4. The van der Waals surface area contributed by atoms with Crippen LogP contribution in [0.25, 0.3) is 88.7 Å². The molecule has 4 aliphatic heterocycles. The zero-order chi connectivity index (χ0) is 91.8. The number of carbonyl (C=O) groups is 4. The highest BCUT2D eigenvalue weighted by molar-refractivity contribution is 7.13. The zero-order valence-electron chi connectivity index (χ0n) is 72.1. The van der Waals surface area contributed by atoms with Gasteiger partial charge in [0.2, 0.25) is 35.4 Å². The molecule has 0 bridgehead atoms. The molecule has 4 aliphatic rings. The fourth-order valence-electron chi connectivity index (χ4n) is 16.4. The van der Waals surface area contributed by atoms with Gasteiger partial charge >= 0.3 is 0 Å². The van der Waals surface area contributed by atoms with Gasteiger partial charge in [0.1, 0.15) is 94.7 Å². The topological polar surface area (TPSA) is 332 Å². The normalized spacial score (nSPS) is 15.3. The van der Waals surface area contributed by atoms with Gasteiger partial charge in [-0.1, -0.05) is 46.4 Å². The molecular formula is C90H86Cl4F2N24O10S2. The SMILES string of the molecule is COc1cc(N2CCN(C(=O)Cn3nc(-c4ncco4)c4cccnc43)CC2)ccc1Cl.COc1cc(N2CCN(C(=O)Cn3nc(-c4ncco4)c4cccnc43)[C@@H](C)C2)c(F)cc1Cl.COc1cc(N2CCN(C(=O)Cn3nc(-c4nccs4)c4cccnc43)CC2)ccc1Cl.COc1cc(N2CCN(C(=O)Cn3nc(-c4nccs4)c4cccnc43)[C@@H](C)C2)c(F)cc1Cl. The van der Waals surface area contributed by atoms with Gasteiger partial charge in [0.25, 0.3) is 0 Å². The van der Waals surface area contributed by atoms with Crippen LogP contribution >= 0.6 is 69.1 Å². The van der Waals surface area contributed by atoms with E-state index in [1.807, 2.05) is 123 Å². The Morgan fingerprint density at radius 1 is 0.379 bits per heavy atom. The second-order valence-corrected chi connectivity index (χ2v) is 34.3. The Labute approximate surface area is 782 Å². The number of amides is 4. The summed E-state index contributed by atoms with van der Waals surface area (Å²) in [4.78, 5) is 103. The number of carbonyl (C=O) groups excluding carboxylic acids is 4. The molecule has 4 fully saturated rings. The minimum Gasteiger partial charge on any atom is -0.495 e. The lowest BCUT2D eigenvalue weighted by Gasteiger charge is -2.41. The van der Waals surface area contributed by atoms with Crippen molar-refractivity contribution >= 4 is 160 Å². The Bertz CT molecular complexity index is 6390. The highest BCUT2D eigenvalue weighted by atomic mass is 35.5. The van der Waals surface area contributed by atoms with Crippen molar-refractivity contribution < 1.29 is 55.7 Å². The Balaban J connectivity index is 0.000000123. The van der Waals surface area contributed by atoms with Crippen LogP contribution in [0, 0.1) is 11.6 Å². The second-order valence-electron chi connectivity index (χ2n) is 30.9. The largest absolute Gasteiger partial charge is 0.495 e. The molecular weight excluding hydrogens is 1820 g/mol. The van der Waals surface area contributed by atoms with Gasteiger partial charge in [-0.2, -0.15) is 20.4 Å². The number of oxazole rings is 2. The van der Waals surface area contributed by atoms with Crippen molar-refractivity contribution in [2.45, 2.75) is 52.1 Å². The van der Waals surface area contributed by atoms with E-state index in [4.69, 9.17) is 74.2 Å². The number of thiazole rings is 2. The molecule has 20 rings (SSSR count). The number of rotatable bonds is 20. The first kappa shape index (κ1) is 90.3. The van der Waals surface area contributed by atoms with Gasteiger partial charge in [0, 0.05) is 198 Å². The minimum atomic E-state index is -0.425. The third-order valence-corrected chi connectivity index (χ3v) is 25.8. The van der Waals surface area contributed by atoms with E-state index < -0.39 is 11.6 Å². The third-order valence-electron chi connectivity index (χ3n) is 23.0. The van der Waals surface area contributed by atoms with Gasteiger partial charge in [-0.3, -0.25) is 19.2 Å². The number of benzene rings is 4. The average Bonchev–Trinajstić information content (AvgIpc) is 1.66. The Morgan fingerprint density at radius 2 is 0.712 bits per heavy atom. The molecule has 2 atom stereocenters. The van der Waals surface area contributed by atoms with E-state index in [1.54, 1.807) is 111 Å². The summed E-state index contributed by atoms with van der Waals surface area (Å²) in [7, 11) is 6.19. The molecule has 4 saturated heterocycles. The number of piperazine rings is 4. The van der Waals surface area contributed by atoms with Crippen LogP contribution in [-0.2, 0) is 45.4 Å². The molecule has 34 nitrogen and oxygen atoms in total. The lowest BCUT2D eigenvalue weighted by molar-refractivity contribution is -0.135. The van der Waals surface area contributed by atoms with Gasteiger partial charge in [-0.15, -0.1) is 22.7 Å². The predicted molar refractivity (Wildman–Crippen MR) is 500 cm³/mol. The van der Waals surface area contributed by atoms with Gasteiger partial charge in [-0.05, 0) is 98.8 Å². The van der Waals surface area contributed by atoms with Gasteiger partial charge in [0.05, 0.1) is 83.1 Å².